The largest absolute Gasteiger partial charge is 0.463 e. The molecule has 4 nitrogen and oxygen atoms in total. The highest BCUT2D eigenvalue weighted by atomic mass is 16.6. The number of allylic oxidation sites excluding steroid dienone is 2. The average Bonchev–Trinajstić information content (AvgIpc) is 2.25. The van der Waals surface area contributed by atoms with Crippen molar-refractivity contribution < 1.29 is 19.1 Å². The van der Waals surface area contributed by atoms with Crippen molar-refractivity contribution in [2.75, 3.05) is 6.61 Å². The van der Waals surface area contributed by atoms with Crippen molar-refractivity contribution in [2.45, 2.75) is 53.1 Å². The number of esters is 2. The Balaban J connectivity index is 4.71. The summed E-state index contributed by atoms with van der Waals surface area (Å²) in [6.45, 7) is 9.23. The van der Waals surface area contributed by atoms with E-state index in [1.54, 1.807) is 19.9 Å². The molecule has 0 N–H and O–H groups in total. The minimum absolute atomic E-state index is 0.325. The minimum Gasteiger partial charge on any atom is -0.463 e. The highest BCUT2D eigenvalue weighted by Crippen LogP contribution is 2.21. The Hall–Kier alpha value is -1.58. The second kappa shape index (κ2) is 8.51. The Morgan fingerprint density at radius 2 is 1.84 bits per heavy atom. The van der Waals surface area contributed by atoms with Crippen LogP contribution in [0.4, 0.5) is 0 Å². The van der Waals surface area contributed by atoms with E-state index < -0.39 is 11.6 Å². The van der Waals surface area contributed by atoms with Gasteiger partial charge in [-0.2, -0.15) is 0 Å². The fourth-order valence-corrected chi connectivity index (χ4v) is 1.58. The normalized spacial score (nSPS) is 13.7. The summed E-state index contributed by atoms with van der Waals surface area (Å²) < 4.78 is 10.1. The van der Waals surface area contributed by atoms with Crippen LogP contribution >= 0.6 is 0 Å². The van der Waals surface area contributed by atoms with Crippen LogP contribution in [0.2, 0.25) is 0 Å². The van der Waals surface area contributed by atoms with Gasteiger partial charge in [-0.3, -0.25) is 4.79 Å². The molecule has 4 heteroatoms. The Labute approximate surface area is 115 Å². The van der Waals surface area contributed by atoms with Gasteiger partial charge in [0.15, 0.2) is 0 Å². The summed E-state index contributed by atoms with van der Waals surface area (Å²) in [6, 6.07) is 0. The van der Waals surface area contributed by atoms with Gasteiger partial charge in [-0.05, 0) is 46.6 Å². The van der Waals surface area contributed by atoms with Crippen LogP contribution in [-0.2, 0) is 19.1 Å². The first-order valence-corrected chi connectivity index (χ1v) is 6.48. The molecule has 0 saturated heterocycles. The summed E-state index contributed by atoms with van der Waals surface area (Å²) in [5.74, 6) is -0.795. The molecule has 0 radical (unpaired) electrons. The summed E-state index contributed by atoms with van der Waals surface area (Å²) in [5, 5.41) is 0. The van der Waals surface area contributed by atoms with Gasteiger partial charge in [0.2, 0.25) is 0 Å². The van der Waals surface area contributed by atoms with Crippen LogP contribution in [-0.4, -0.2) is 24.1 Å². The van der Waals surface area contributed by atoms with Crippen LogP contribution in [0.15, 0.2) is 23.8 Å². The fraction of sp³-hybridized carbons (Fsp3) is 0.600. The van der Waals surface area contributed by atoms with E-state index in [9.17, 15) is 9.59 Å². The van der Waals surface area contributed by atoms with Crippen molar-refractivity contribution in [3.05, 3.63) is 23.8 Å². The maximum Gasteiger partial charge on any atom is 0.330 e. The zero-order valence-electron chi connectivity index (χ0n) is 12.5. The molecule has 19 heavy (non-hydrogen) atoms. The van der Waals surface area contributed by atoms with Crippen LogP contribution in [0.25, 0.3) is 0 Å². The van der Waals surface area contributed by atoms with Gasteiger partial charge in [0.25, 0.3) is 0 Å². The summed E-state index contributed by atoms with van der Waals surface area (Å²) in [4.78, 5) is 22.4. The van der Waals surface area contributed by atoms with Gasteiger partial charge in [-0.15, -0.1) is 0 Å². The quantitative estimate of drug-likeness (QED) is 0.404. The molecule has 0 aromatic heterocycles. The standard InChI is InChI=1S/C15H24O4/c1-6-18-14(17)9-11-15(5,19-13(4)16)10-7-8-12(2)3/h8-9,11H,6-7,10H2,1-5H3/b11-9+/t15-/m1/s1. The van der Waals surface area contributed by atoms with Crippen LogP contribution in [0.1, 0.15) is 47.5 Å². The van der Waals surface area contributed by atoms with Crippen molar-refractivity contribution in [2.24, 2.45) is 0 Å². The third-order valence-electron chi connectivity index (χ3n) is 2.43. The van der Waals surface area contributed by atoms with E-state index in [1.165, 1.54) is 18.6 Å². The fourth-order valence-electron chi connectivity index (χ4n) is 1.58. The average molecular weight is 268 g/mol. The molecule has 108 valence electrons. The van der Waals surface area contributed by atoms with Gasteiger partial charge in [0.05, 0.1) is 6.61 Å². The second-order valence-electron chi connectivity index (χ2n) is 4.81. The zero-order valence-corrected chi connectivity index (χ0v) is 12.5. The number of carbonyl (C=O) groups is 2. The van der Waals surface area contributed by atoms with E-state index in [4.69, 9.17) is 9.47 Å². The maximum absolute atomic E-state index is 11.3. The minimum atomic E-state index is -0.787. The Morgan fingerprint density at radius 3 is 2.32 bits per heavy atom. The molecule has 0 aliphatic heterocycles. The lowest BCUT2D eigenvalue weighted by atomic mass is 9.98. The number of hydrogen-bond acceptors (Lipinski definition) is 4. The topological polar surface area (TPSA) is 52.6 Å². The second-order valence-corrected chi connectivity index (χ2v) is 4.81. The van der Waals surface area contributed by atoms with E-state index in [0.29, 0.717) is 13.0 Å². The molecule has 0 saturated carbocycles. The molecule has 0 rings (SSSR count). The molecule has 0 aromatic carbocycles. The van der Waals surface area contributed by atoms with Gasteiger partial charge in [-0.1, -0.05) is 11.6 Å². The molecule has 0 heterocycles. The van der Waals surface area contributed by atoms with Crippen LogP contribution in [0.5, 0.6) is 0 Å². The van der Waals surface area contributed by atoms with Gasteiger partial charge < -0.3 is 9.47 Å². The zero-order chi connectivity index (χ0) is 14.9. The summed E-state index contributed by atoms with van der Waals surface area (Å²) >= 11 is 0. The number of carbonyl (C=O) groups excluding carboxylic acids is 2. The van der Waals surface area contributed by atoms with E-state index in [0.717, 1.165) is 6.42 Å². The maximum atomic E-state index is 11.3. The molecule has 0 spiro atoms. The van der Waals surface area contributed by atoms with Crippen molar-refractivity contribution in [1.29, 1.82) is 0 Å². The molecule has 1 atom stereocenters. The molecule has 0 bridgehead atoms. The van der Waals surface area contributed by atoms with E-state index in [-0.39, 0.29) is 5.97 Å². The Morgan fingerprint density at radius 1 is 1.21 bits per heavy atom. The first-order valence-electron chi connectivity index (χ1n) is 6.48. The third kappa shape index (κ3) is 9.05. The lowest BCUT2D eigenvalue weighted by molar-refractivity contribution is -0.151. The summed E-state index contributed by atoms with van der Waals surface area (Å²) in [7, 11) is 0. The Bertz CT molecular complexity index is 364. The van der Waals surface area contributed by atoms with Gasteiger partial charge in [0.1, 0.15) is 5.60 Å². The van der Waals surface area contributed by atoms with E-state index >= 15 is 0 Å². The molecule has 0 aromatic rings. The lowest BCUT2D eigenvalue weighted by Crippen LogP contribution is -2.28. The van der Waals surface area contributed by atoms with Crippen molar-refractivity contribution >= 4 is 11.9 Å². The SMILES string of the molecule is CCOC(=O)/C=C/[C@@](C)(CCC=C(C)C)OC(C)=O. The predicted molar refractivity (Wildman–Crippen MR) is 74.6 cm³/mol. The first kappa shape index (κ1) is 17.4. The summed E-state index contributed by atoms with van der Waals surface area (Å²) in [5.41, 5.74) is 0.421. The molecule has 0 fully saturated rings. The van der Waals surface area contributed by atoms with Gasteiger partial charge in [-0.25, -0.2) is 4.79 Å². The van der Waals surface area contributed by atoms with Gasteiger partial charge in [0, 0.05) is 13.0 Å². The lowest BCUT2D eigenvalue weighted by Gasteiger charge is -2.25. The van der Waals surface area contributed by atoms with E-state index in [1.807, 2.05) is 13.8 Å². The Kier molecular flexibility index (Phi) is 7.80. The molecular weight excluding hydrogens is 244 g/mol. The number of hydrogen-bond donors (Lipinski definition) is 0. The predicted octanol–water partition coefficient (Wildman–Crippen LogP) is 3.17. The van der Waals surface area contributed by atoms with Gasteiger partial charge >= 0.3 is 11.9 Å². The van der Waals surface area contributed by atoms with Crippen molar-refractivity contribution in [3.63, 3.8) is 0 Å². The van der Waals surface area contributed by atoms with Crippen LogP contribution in [0.3, 0.4) is 0 Å². The third-order valence-corrected chi connectivity index (χ3v) is 2.43. The first-order chi connectivity index (χ1) is 8.79. The number of ether oxygens (including phenoxy) is 2. The molecule has 0 amide bonds. The smallest absolute Gasteiger partial charge is 0.330 e. The van der Waals surface area contributed by atoms with Crippen molar-refractivity contribution in [3.8, 4) is 0 Å². The molecule has 0 aliphatic rings. The molecule has 0 aliphatic carbocycles. The van der Waals surface area contributed by atoms with Crippen molar-refractivity contribution in [1.82, 2.24) is 0 Å². The monoisotopic (exact) mass is 268 g/mol. The van der Waals surface area contributed by atoms with Crippen LogP contribution in [0, 0.1) is 0 Å². The van der Waals surface area contributed by atoms with Crippen LogP contribution < -0.4 is 0 Å². The molecular formula is C15H24O4. The number of rotatable bonds is 7. The van der Waals surface area contributed by atoms with E-state index in [2.05, 4.69) is 6.08 Å². The highest BCUT2D eigenvalue weighted by Gasteiger charge is 2.24. The summed E-state index contributed by atoms with van der Waals surface area (Å²) in [6.07, 6.45) is 6.37. The molecule has 0 unspecified atom stereocenters. The highest BCUT2D eigenvalue weighted by molar-refractivity contribution is 5.82.